The minimum Gasteiger partial charge on any atom is -0.377 e. The third-order valence-electron chi connectivity index (χ3n) is 2.71. The topological polar surface area (TPSA) is 21.3 Å². The Morgan fingerprint density at radius 3 is 2.44 bits per heavy atom. The Morgan fingerprint density at radius 2 is 1.89 bits per heavy atom. The lowest BCUT2D eigenvalue weighted by Gasteiger charge is -2.20. The lowest BCUT2D eigenvalue weighted by molar-refractivity contribution is 0.0613. The predicted molar refractivity (Wildman–Crippen MR) is 81.0 cm³/mol. The van der Waals surface area contributed by atoms with E-state index in [9.17, 15) is 0 Å². The third kappa shape index (κ3) is 6.53. The number of benzene rings is 1. The van der Waals surface area contributed by atoms with Crippen LogP contribution >= 0.6 is 15.9 Å². The van der Waals surface area contributed by atoms with Crippen molar-refractivity contribution < 1.29 is 4.74 Å². The highest BCUT2D eigenvalue weighted by Crippen LogP contribution is 2.12. The van der Waals surface area contributed by atoms with Gasteiger partial charge in [-0.15, -0.1) is 0 Å². The second-order valence-corrected chi connectivity index (χ2v) is 5.78. The Bertz CT molecular complexity index is 324. The molecule has 1 rings (SSSR count). The van der Waals surface area contributed by atoms with Crippen LogP contribution in [0.5, 0.6) is 0 Å². The second kappa shape index (κ2) is 8.68. The number of rotatable bonds is 8. The summed E-state index contributed by atoms with van der Waals surface area (Å²) in [4.78, 5) is 0. The molecule has 1 atom stereocenters. The quantitative estimate of drug-likeness (QED) is 0.788. The maximum atomic E-state index is 5.73. The van der Waals surface area contributed by atoms with Crippen LogP contribution in [0.3, 0.4) is 0 Å². The summed E-state index contributed by atoms with van der Waals surface area (Å²) in [6, 6.07) is 8.92. The maximum Gasteiger partial charge on any atom is 0.0626 e. The largest absolute Gasteiger partial charge is 0.377 e. The number of hydrogen-bond donors (Lipinski definition) is 1. The zero-order chi connectivity index (χ0) is 13.4. The molecule has 18 heavy (non-hydrogen) atoms. The van der Waals surface area contributed by atoms with Crippen LogP contribution in [-0.4, -0.2) is 25.3 Å². The fourth-order valence-electron chi connectivity index (χ4n) is 1.75. The van der Waals surface area contributed by atoms with Crippen LogP contribution in [0.15, 0.2) is 28.7 Å². The van der Waals surface area contributed by atoms with Gasteiger partial charge in [0, 0.05) is 10.5 Å². The van der Waals surface area contributed by atoms with Gasteiger partial charge in [0.05, 0.1) is 12.7 Å². The van der Waals surface area contributed by atoms with Crippen molar-refractivity contribution in [3.05, 3.63) is 34.3 Å². The van der Waals surface area contributed by atoms with Crippen LogP contribution in [-0.2, 0) is 11.2 Å². The van der Waals surface area contributed by atoms with Gasteiger partial charge < -0.3 is 10.1 Å². The third-order valence-corrected chi connectivity index (χ3v) is 3.24. The minimum atomic E-state index is 0.292. The van der Waals surface area contributed by atoms with E-state index in [0.29, 0.717) is 12.1 Å². The van der Waals surface area contributed by atoms with Gasteiger partial charge in [-0.05, 0) is 50.9 Å². The smallest absolute Gasteiger partial charge is 0.0626 e. The summed E-state index contributed by atoms with van der Waals surface area (Å²) in [5, 5.41) is 3.55. The molecule has 1 aromatic carbocycles. The molecular formula is C15H24BrNO. The first kappa shape index (κ1) is 15.7. The molecular weight excluding hydrogens is 290 g/mol. The maximum absolute atomic E-state index is 5.73. The Morgan fingerprint density at radius 1 is 1.22 bits per heavy atom. The van der Waals surface area contributed by atoms with Gasteiger partial charge in [-0.2, -0.15) is 0 Å². The standard InChI is InChI=1S/C15H24BrNO/c1-4-9-17-15(11-18-12(2)3)10-13-5-7-14(16)8-6-13/h5-8,12,15,17H,4,9-11H2,1-3H3. The Balaban J connectivity index is 2.50. The van der Waals surface area contributed by atoms with Crippen molar-refractivity contribution in [3.8, 4) is 0 Å². The molecule has 0 radical (unpaired) electrons. The highest BCUT2D eigenvalue weighted by atomic mass is 79.9. The van der Waals surface area contributed by atoms with Gasteiger partial charge in [-0.25, -0.2) is 0 Å². The first-order valence-corrected chi connectivity index (χ1v) is 7.50. The van der Waals surface area contributed by atoms with Gasteiger partial charge >= 0.3 is 0 Å². The summed E-state index contributed by atoms with van der Waals surface area (Å²) < 4.78 is 6.85. The molecule has 0 fully saturated rings. The van der Waals surface area contributed by atoms with E-state index in [1.807, 2.05) is 0 Å². The van der Waals surface area contributed by atoms with Gasteiger partial charge in [0.2, 0.25) is 0 Å². The van der Waals surface area contributed by atoms with Crippen molar-refractivity contribution in [1.29, 1.82) is 0 Å². The van der Waals surface area contributed by atoms with Crippen molar-refractivity contribution in [2.45, 2.75) is 45.8 Å². The van der Waals surface area contributed by atoms with Crippen LogP contribution in [0.1, 0.15) is 32.8 Å². The molecule has 1 unspecified atom stereocenters. The molecule has 0 aromatic heterocycles. The normalized spacial score (nSPS) is 12.9. The average molecular weight is 314 g/mol. The summed E-state index contributed by atoms with van der Waals surface area (Å²) in [5.74, 6) is 0. The zero-order valence-electron chi connectivity index (χ0n) is 11.6. The fraction of sp³-hybridized carbons (Fsp3) is 0.600. The van der Waals surface area contributed by atoms with Gasteiger partial charge in [-0.3, -0.25) is 0 Å². The summed E-state index contributed by atoms with van der Waals surface area (Å²) in [6.07, 6.45) is 2.46. The highest BCUT2D eigenvalue weighted by molar-refractivity contribution is 9.10. The molecule has 1 aromatic rings. The molecule has 0 amide bonds. The summed E-state index contributed by atoms with van der Waals surface area (Å²) >= 11 is 3.46. The molecule has 2 nitrogen and oxygen atoms in total. The van der Waals surface area contributed by atoms with Gasteiger partial charge in [0.15, 0.2) is 0 Å². The van der Waals surface area contributed by atoms with Crippen molar-refractivity contribution in [2.75, 3.05) is 13.2 Å². The summed E-state index contributed by atoms with van der Waals surface area (Å²) in [7, 11) is 0. The fourth-order valence-corrected chi connectivity index (χ4v) is 2.02. The first-order chi connectivity index (χ1) is 8.61. The van der Waals surface area contributed by atoms with E-state index in [1.165, 1.54) is 5.56 Å². The molecule has 0 aliphatic carbocycles. The van der Waals surface area contributed by atoms with Gasteiger partial charge in [0.1, 0.15) is 0 Å². The number of hydrogen-bond acceptors (Lipinski definition) is 2. The van der Waals surface area contributed by atoms with Crippen molar-refractivity contribution in [1.82, 2.24) is 5.32 Å². The van der Waals surface area contributed by atoms with Gasteiger partial charge in [-0.1, -0.05) is 35.0 Å². The van der Waals surface area contributed by atoms with E-state index in [4.69, 9.17) is 4.74 Å². The Kier molecular flexibility index (Phi) is 7.56. The summed E-state index contributed by atoms with van der Waals surface area (Å²) in [6.45, 7) is 8.16. The monoisotopic (exact) mass is 313 g/mol. The minimum absolute atomic E-state index is 0.292. The van der Waals surface area contributed by atoms with Crippen LogP contribution < -0.4 is 5.32 Å². The summed E-state index contributed by atoms with van der Waals surface area (Å²) in [5.41, 5.74) is 1.35. The van der Waals surface area contributed by atoms with Crippen LogP contribution in [0.2, 0.25) is 0 Å². The van der Waals surface area contributed by atoms with Crippen molar-refractivity contribution >= 4 is 15.9 Å². The molecule has 0 aliphatic heterocycles. The van der Waals surface area contributed by atoms with Crippen LogP contribution in [0, 0.1) is 0 Å². The lowest BCUT2D eigenvalue weighted by Crippen LogP contribution is -2.36. The molecule has 1 N–H and O–H groups in total. The average Bonchev–Trinajstić information content (AvgIpc) is 2.35. The Hall–Kier alpha value is -0.380. The molecule has 0 saturated heterocycles. The van der Waals surface area contributed by atoms with E-state index >= 15 is 0 Å². The molecule has 102 valence electrons. The zero-order valence-corrected chi connectivity index (χ0v) is 13.2. The van der Waals surface area contributed by atoms with E-state index < -0.39 is 0 Å². The molecule has 0 saturated carbocycles. The Labute approximate surface area is 119 Å². The first-order valence-electron chi connectivity index (χ1n) is 6.71. The highest BCUT2D eigenvalue weighted by Gasteiger charge is 2.10. The van der Waals surface area contributed by atoms with Gasteiger partial charge in [0.25, 0.3) is 0 Å². The van der Waals surface area contributed by atoms with Crippen molar-refractivity contribution in [3.63, 3.8) is 0 Å². The van der Waals surface area contributed by atoms with Crippen LogP contribution in [0.4, 0.5) is 0 Å². The molecule has 0 bridgehead atoms. The molecule has 0 spiro atoms. The predicted octanol–water partition coefficient (Wildman–Crippen LogP) is 3.78. The number of halogens is 1. The number of nitrogens with one attached hydrogen (secondary N) is 1. The SMILES string of the molecule is CCCNC(COC(C)C)Cc1ccc(Br)cc1. The van der Waals surface area contributed by atoms with E-state index in [2.05, 4.69) is 66.3 Å². The lowest BCUT2D eigenvalue weighted by atomic mass is 10.1. The van der Waals surface area contributed by atoms with E-state index in [-0.39, 0.29) is 0 Å². The van der Waals surface area contributed by atoms with E-state index in [1.54, 1.807) is 0 Å². The molecule has 0 heterocycles. The molecule has 0 aliphatic rings. The number of ether oxygens (including phenoxy) is 1. The van der Waals surface area contributed by atoms with E-state index in [0.717, 1.165) is 30.5 Å². The second-order valence-electron chi connectivity index (χ2n) is 4.86. The molecule has 3 heteroatoms. The van der Waals surface area contributed by atoms with Crippen molar-refractivity contribution in [2.24, 2.45) is 0 Å². The van der Waals surface area contributed by atoms with Crippen LogP contribution in [0.25, 0.3) is 0 Å².